The number of hydrogen-bond donors (Lipinski definition) is 0. The molecule has 1 aliphatic carbocycles. The van der Waals surface area contributed by atoms with Crippen molar-refractivity contribution in [3.8, 4) is 0 Å². The number of nitrogens with zero attached hydrogens (tertiary/aromatic N) is 1. The third-order valence-electron chi connectivity index (χ3n) is 5.54. The van der Waals surface area contributed by atoms with Gasteiger partial charge in [-0.3, -0.25) is 9.69 Å². The van der Waals surface area contributed by atoms with Gasteiger partial charge < -0.3 is 0 Å². The van der Waals surface area contributed by atoms with Crippen LogP contribution in [0.4, 0.5) is 0 Å². The van der Waals surface area contributed by atoms with Crippen LogP contribution in [0, 0.1) is 5.92 Å². The van der Waals surface area contributed by atoms with Gasteiger partial charge in [0.05, 0.1) is 0 Å². The normalized spacial score (nSPS) is 41.3. The molecule has 0 radical (unpaired) electrons. The Kier molecular flexibility index (Phi) is 3.74. The zero-order valence-corrected chi connectivity index (χ0v) is 11.7. The van der Waals surface area contributed by atoms with Gasteiger partial charge in [0.2, 0.25) is 0 Å². The van der Waals surface area contributed by atoms with Crippen LogP contribution in [0.1, 0.15) is 71.1 Å². The van der Waals surface area contributed by atoms with E-state index in [9.17, 15) is 4.79 Å². The first kappa shape index (κ1) is 12.7. The SMILES string of the molecule is CCCC1CCC(N2C3CCC2CC(=O)C3)CC1. The minimum absolute atomic E-state index is 0.526. The van der Waals surface area contributed by atoms with Gasteiger partial charge in [-0.2, -0.15) is 0 Å². The molecule has 1 saturated carbocycles. The molecule has 0 aromatic rings. The predicted molar refractivity (Wildman–Crippen MR) is 73.5 cm³/mol. The van der Waals surface area contributed by atoms with Gasteiger partial charge in [0, 0.05) is 31.0 Å². The summed E-state index contributed by atoms with van der Waals surface area (Å²) in [6.45, 7) is 2.31. The monoisotopic (exact) mass is 249 g/mol. The number of piperidine rings is 1. The summed E-state index contributed by atoms with van der Waals surface area (Å²) < 4.78 is 0. The highest BCUT2D eigenvalue weighted by molar-refractivity contribution is 5.81. The lowest BCUT2D eigenvalue weighted by atomic mass is 9.81. The summed E-state index contributed by atoms with van der Waals surface area (Å²) in [5, 5.41) is 0. The molecule has 3 aliphatic rings. The van der Waals surface area contributed by atoms with E-state index in [2.05, 4.69) is 11.8 Å². The van der Waals surface area contributed by atoms with Gasteiger partial charge in [0.1, 0.15) is 5.78 Å². The molecule has 0 aromatic carbocycles. The highest BCUT2D eigenvalue weighted by Gasteiger charge is 2.43. The molecule has 2 unspecified atom stereocenters. The molecule has 2 nitrogen and oxygen atoms in total. The molecule has 2 heteroatoms. The van der Waals surface area contributed by atoms with Crippen LogP contribution in [0.15, 0.2) is 0 Å². The quantitative estimate of drug-likeness (QED) is 0.762. The average molecular weight is 249 g/mol. The fourth-order valence-corrected chi connectivity index (χ4v) is 4.74. The van der Waals surface area contributed by atoms with E-state index in [1.54, 1.807) is 0 Å². The summed E-state index contributed by atoms with van der Waals surface area (Å²) in [7, 11) is 0. The number of carbonyl (C=O) groups excluding carboxylic acids is 1. The predicted octanol–water partition coefficient (Wildman–Crippen LogP) is 3.54. The van der Waals surface area contributed by atoms with Crippen molar-refractivity contribution in [3.05, 3.63) is 0 Å². The number of fused-ring (bicyclic) bond motifs is 2. The topological polar surface area (TPSA) is 20.3 Å². The molecular formula is C16H27NO. The maximum absolute atomic E-state index is 11.7. The Labute approximate surface area is 111 Å². The lowest BCUT2D eigenvalue weighted by Gasteiger charge is -2.43. The largest absolute Gasteiger partial charge is 0.300 e. The van der Waals surface area contributed by atoms with E-state index < -0.39 is 0 Å². The maximum atomic E-state index is 11.7. The van der Waals surface area contributed by atoms with Crippen LogP contribution < -0.4 is 0 Å². The summed E-state index contributed by atoms with van der Waals surface area (Å²) in [4.78, 5) is 14.4. The summed E-state index contributed by atoms with van der Waals surface area (Å²) >= 11 is 0. The second-order valence-electron chi connectivity index (χ2n) is 6.74. The lowest BCUT2D eigenvalue weighted by Crippen LogP contribution is -2.50. The average Bonchev–Trinajstić information content (AvgIpc) is 2.64. The summed E-state index contributed by atoms with van der Waals surface area (Å²) in [5.41, 5.74) is 0. The maximum Gasteiger partial charge on any atom is 0.136 e. The first-order valence-electron chi connectivity index (χ1n) is 8.07. The van der Waals surface area contributed by atoms with Gasteiger partial charge in [-0.15, -0.1) is 0 Å². The van der Waals surface area contributed by atoms with Gasteiger partial charge in [-0.1, -0.05) is 19.8 Å². The number of Topliss-reactive ketones (excluding diaryl/α,β-unsaturated/α-hetero) is 1. The van der Waals surface area contributed by atoms with Crippen molar-refractivity contribution in [2.24, 2.45) is 5.92 Å². The van der Waals surface area contributed by atoms with E-state index in [4.69, 9.17) is 0 Å². The Bertz CT molecular complexity index is 290. The molecule has 102 valence electrons. The van der Waals surface area contributed by atoms with Crippen LogP contribution in [-0.2, 0) is 4.79 Å². The number of ketones is 1. The Morgan fingerprint density at radius 3 is 2.06 bits per heavy atom. The molecule has 0 aromatic heterocycles. The number of rotatable bonds is 3. The highest BCUT2D eigenvalue weighted by atomic mass is 16.1. The van der Waals surface area contributed by atoms with Crippen LogP contribution >= 0.6 is 0 Å². The second kappa shape index (κ2) is 5.32. The van der Waals surface area contributed by atoms with Crippen molar-refractivity contribution in [2.75, 3.05) is 0 Å². The standard InChI is InChI=1S/C16H27NO/c1-2-3-12-4-6-13(7-5-12)17-14-8-9-15(17)11-16(18)10-14/h12-15H,2-11H2,1H3. The van der Waals surface area contributed by atoms with E-state index in [1.807, 2.05) is 0 Å². The van der Waals surface area contributed by atoms with Gasteiger partial charge in [0.25, 0.3) is 0 Å². The summed E-state index contributed by atoms with van der Waals surface area (Å²) in [6.07, 6.45) is 12.7. The van der Waals surface area contributed by atoms with Crippen molar-refractivity contribution >= 4 is 5.78 Å². The van der Waals surface area contributed by atoms with E-state index >= 15 is 0 Å². The molecule has 2 heterocycles. The number of carbonyl (C=O) groups is 1. The van der Waals surface area contributed by atoms with Crippen molar-refractivity contribution in [3.63, 3.8) is 0 Å². The molecule has 2 atom stereocenters. The third kappa shape index (κ3) is 2.36. The van der Waals surface area contributed by atoms with Crippen molar-refractivity contribution in [1.82, 2.24) is 4.90 Å². The van der Waals surface area contributed by atoms with Crippen LogP contribution in [0.5, 0.6) is 0 Å². The molecule has 2 saturated heterocycles. The molecule has 0 amide bonds. The smallest absolute Gasteiger partial charge is 0.136 e. The minimum Gasteiger partial charge on any atom is -0.300 e. The molecule has 0 spiro atoms. The van der Waals surface area contributed by atoms with Gasteiger partial charge in [0.15, 0.2) is 0 Å². The fourth-order valence-electron chi connectivity index (χ4n) is 4.74. The molecule has 3 rings (SSSR count). The van der Waals surface area contributed by atoms with Gasteiger partial charge in [-0.25, -0.2) is 0 Å². The summed E-state index contributed by atoms with van der Waals surface area (Å²) in [5.74, 6) is 1.52. The lowest BCUT2D eigenvalue weighted by molar-refractivity contribution is -0.124. The Balaban J connectivity index is 1.58. The molecular weight excluding hydrogens is 222 g/mol. The zero-order valence-electron chi connectivity index (χ0n) is 11.7. The molecule has 2 aliphatic heterocycles. The Morgan fingerprint density at radius 2 is 1.50 bits per heavy atom. The minimum atomic E-state index is 0.526. The van der Waals surface area contributed by atoms with E-state index in [1.165, 1.54) is 51.4 Å². The van der Waals surface area contributed by atoms with E-state index in [-0.39, 0.29) is 0 Å². The first-order chi connectivity index (χ1) is 8.78. The molecule has 0 N–H and O–H groups in total. The molecule has 18 heavy (non-hydrogen) atoms. The van der Waals surface area contributed by atoms with Crippen molar-refractivity contribution in [2.45, 2.75) is 89.3 Å². The zero-order chi connectivity index (χ0) is 12.5. The highest BCUT2D eigenvalue weighted by Crippen LogP contribution is 2.40. The fraction of sp³-hybridized carbons (Fsp3) is 0.938. The van der Waals surface area contributed by atoms with E-state index in [0.29, 0.717) is 17.9 Å². The Morgan fingerprint density at radius 1 is 0.944 bits per heavy atom. The van der Waals surface area contributed by atoms with Gasteiger partial charge in [-0.05, 0) is 44.4 Å². The van der Waals surface area contributed by atoms with Crippen molar-refractivity contribution in [1.29, 1.82) is 0 Å². The number of hydrogen-bond acceptors (Lipinski definition) is 2. The molecule has 2 bridgehead atoms. The Hall–Kier alpha value is -0.370. The van der Waals surface area contributed by atoms with Crippen LogP contribution in [0.25, 0.3) is 0 Å². The van der Waals surface area contributed by atoms with Crippen LogP contribution in [-0.4, -0.2) is 28.8 Å². The van der Waals surface area contributed by atoms with E-state index in [0.717, 1.165) is 24.8 Å². The van der Waals surface area contributed by atoms with Crippen molar-refractivity contribution < 1.29 is 4.79 Å². The van der Waals surface area contributed by atoms with Crippen LogP contribution in [0.3, 0.4) is 0 Å². The van der Waals surface area contributed by atoms with Gasteiger partial charge >= 0.3 is 0 Å². The second-order valence-corrected chi connectivity index (χ2v) is 6.74. The molecule has 3 fully saturated rings. The first-order valence-corrected chi connectivity index (χ1v) is 8.07. The third-order valence-corrected chi connectivity index (χ3v) is 5.54. The van der Waals surface area contributed by atoms with Crippen LogP contribution in [0.2, 0.25) is 0 Å². The summed E-state index contributed by atoms with van der Waals surface area (Å²) in [6, 6.07) is 2.04.